The van der Waals surface area contributed by atoms with Crippen LogP contribution >= 0.6 is 23.7 Å². The van der Waals surface area contributed by atoms with Crippen LogP contribution in [0, 0.1) is 0 Å². The molecule has 0 unspecified atom stereocenters. The summed E-state index contributed by atoms with van der Waals surface area (Å²) in [5.74, 6) is 0.951. The van der Waals surface area contributed by atoms with E-state index >= 15 is 0 Å². The van der Waals surface area contributed by atoms with Gasteiger partial charge in [0.2, 0.25) is 0 Å². The molecule has 3 N–H and O–H groups in total. The molecule has 0 radical (unpaired) electrons. The SMILES string of the molecule is Cl.Nc1ncc(CN2CCC(c3ccc(O)cc3)CC2)s1. The van der Waals surface area contributed by atoms with Crippen molar-refractivity contribution in [2.75, 3.05) is 18.8 Å². The second kappa shape index (κ2) is 7.11. The van der Waals surface area contributed by atoms with Crippen LogP contribution in [0.2, 0.25) is 0 Å². The number of phenolic OH excluding ortho intramolecular Hbond substituents is 1. The molecule has 0 bridgehead atoms. The molecule has 1 aromatic carbocycles. The molecule has 1 aliphatic rings. The molecule has 0 spiro atoms. The van der Waals surface area contributed by atoms with E-state index in [1.54, 1.807) is 23.5 Å². The van der Waals surface area contributed by atoms with Gasteiger partial charge in [-0.3, -0.25) is 4.90 Å². The number of hydrogen-bond acceptors (Lipinski definition) is 5. The van der Waals surface area contributed by atoms with Gasteiger partial charge in [0, 0.05) is 17.6 Å². The lowest BCUT2D eigenvalue weighted by Crippen LogP contribution is -2.32. The van der Waals surface area contributed by atoms with E-state index in [1.807, 2.05) is 18.3 Å². The first-order valence-corrected chi connectivity index (χ1v) is 7.74. The molecule has 6 heteroatoms. The van der Waals surface area contributed by atoms with Crippen LogP contribution in [0.15, 0.2) is 30.5 Å². The Morgan fingerprint density at radius 3 is 2.48 bits per heavy atom. The Balaban J connectivity index is 0.00000161. The summed E-state index contributed by atoms with van der Waals surface area (Å²) in [6.45, 7) is 3.16. The Morgan fingerprint density at radius 2 is 1.90 bits per heavy atom. The Bertz CT molecular complexity index is 565. The highest BCUT2D eigenvalue weighted by Gasteiger charge is 2.21. The number of piperidine rings is 1. The highest BCUT2D eigenvalue weighted by atomic mass is 35.5. The molecule has 21 heavy (non-hydrogen) atoms. The molecule has 4 nitrogen and oxygen atoms in total. The summed E-state index contributed by atoms with van der Waals surface area (Å²) in [5.41, 5.74) is 7.00. The van der Waals surface area contributed by atoms with Crippen molar-refractivity contribution in [1.29, 1.82) is 0 Å². The Hall–Kier alpha value is -1.30. The normalized spacial score (nSPS) is 16.6. The fourth-order valence-corrected chi connectivity index (χ4v) is 3.51. The van der Waals surface area contributed by atoms with Gasteiger partial charge in [-0.05, 0) is 49.5 Å². The second-order valence-electron chi connectivity index (χ2n) is 5.31. The maximum atomic E-state index is 9.34. The van der Waals surface area contributed by atoms with Gasteiger partial charge in [-0.1, -0.05) is 12.1 Å². The van der Waals surface area contributed by atoms with Gasteiger partial charge in [0.1, 0.15) is 5.75 Å². The first-order chi connectivity index (χ1) is 9.70. The summed E-state index contributed by atoms with van der Waals surface area (Å²) in [5, 5.41) is 9.99. The first kappa shape index (κ1) is 16.1. The Kier molecular flexibility index (Phi) is 5.45. The third-order valence-corrected chi connectivity index (χ3v) is 4.71. The van der Waals surface area contributed by atoms with Gasteiger partial charge in [-0.25, -0.2) is 4.98 Å². The smallest absolute Gasteiger partial charge is 0.180 e. The summed E-state index contributed by atoms with van der Waals surface area (Å²) in [7, 11) is 0. The molecular weight excluding hydrogens is 306 g/mol. The largest absolute Gasteiger partial charge is 0.508 e. The number of nitrogen functional groups attached to an aromatic ring is 1. The molecule has 1 fully saturated rings. The van der Waals surface area contributed by atoms with Crippen LogP contribution in [-0.4, -0.2) is 28.1 Å². The van der Waals surface area contributed by atoms with Gasteiger partial charge >= 0.3 is 0 Å². The number of hydrogen-bond donors (Lipinski definition) is 2. The maximum Gasteiger partial charge on any atom is 0.180 e. The molecule has 0 atom stereocenters. The fourth-order valence-electron chi connectivity index (χ4n) is 2.79. The monoisotopic (exact) mass is 325 g/mol. The molecule has 2 heterocycles. The lowest BCUT2D eigenvalue weighted by Gasteiger charge is -2.31. The average molecular weight is 326 g/mol. The van der Waals surface area contributed by atoms with Crippen molar-refractivity contribution in [2.24, 2.45) is 0 Å². The van der Waals surface area contributed by atoms with Crippen LogP contribution in [-0.2, 0) is 6.54 Å². The van der Waals surface area contributed by atoms with Crippen molar-refractivity contribution in [1.82, 2.24) is 9.88 Å². The molecule has 2 aromatic rings. The zero-order valence-electron chi connectivity index (χ0n) is 11.7. The molecule has 1 saturated heterocycles. The minimum atomic E-state index is 0. The van der Waals surface area contributed by atoms with E-state index < -0.39 is 0 Å². The first-order valence-electron chi connectivity index (χ1n) is 6.92. The molecule has 0 aliphatic carbocycles. The average Bonchev–Trinajstić information content (AvgIpc) is 2.86. The molecule has 0 saturated carbocycles. The van der Waals surface area contributed by atoms with Crippen LogP contribution in [0.1, 0.15) is 29.2 Å². The van der Waals surface area contributed by atoms with Crippen LogP contribution in [0.4, 0.5) is 5.13 Å². The van der Waals surface area contributed by atoms with Crippen LogP contribution in [0.25, 0.3) is 0 Å². The van der Waals surface area contributed by atoms with Crippen LogP contribution in [0.3, 0.4) is 0 Å². The number of aromatic hydroxyl groups is 1. The summed E-state index contributed by atoms with van der Waals surface area (Å²) in [6.07, 6.45) is 4.21. The number of halogens is 1. The molecular formula is C15H20ClN3OS. The van der Waals surface area contributed by atoms with Crippen molar-refractivity contribution in [3.05, 3.63) is 40.9 Å². The van der Waals surface area contributed by atoms with E-state index in [1.165, 1.54) is 23.3 Å². The molecule has 1 aromatic heterocycles. The number of rotatable bonds is 3. The number of benzene rings is 1. The zero-order chi connectivity index (χ0) is 13.9. The number of nitrogens with zero attached hydrogens (tertiary/aromatic N) is 2. The van der Waals surface area contributed by atoms with Crippen molar-refractivity contribution >= 4 is 28.9 Å². The predicted octanol–water partition coefficient (Wildman–Crippen LogP) is 3.23. The second-order valence-corrected chi connectivity index (χ2v) is 6.45. The van der Waals surface area contributed by atoms with Crippen molar-refractivity contribution in [3.63, 3.8) is 0 Å². The number of anilines is 1. The van der Waals surface area contributed by atoms with Crippen molar-refractivity contribution in [2.45, 2.75) is 25.3 Å². The van der Waals surface area contributed by atoms with Crippen molar-refractivity contribution in [3.8, 4) is 5.75 Å². The quantitative estimate of drug-likeness (QED) is 0.909. The van der Waals surface area contributed by atoms with Gasteiger partial charge in [0.25, 0.3) is 0 Å². The van der Waals surface area contributed by atoms with Gasteiger partial charge < -0.3 is 10.8 Å². The summed E-state index contributed by atoms with van der Waals surface area (Å²) < 4.78 is 0. The number of nitrogens with two attached hydrogens (primary N) is 1. The van der Waals surface area contributed by atoms with Gasteiger partial charge in [-0.15, -0.1) is 23.7 Å². The highest BCUT2D eigenvalue weighted by molar-refractivity contribution is 7.15. The molecule has 1 aliphatic heterocycles. The number of thiazole rings is 1. The molecule has 114 valence electrons. The zero-order valence-corrected chi connectivity index (χ0v) is 13.4. The number of aromatic nitrogens is 1. The Morgan fingerprint density at radius 1 is 1.24 bits per heavy atom. The maximum absolute atomic E-state index is 9.34. The van der Waals surface area contributed by atoms with Gasteiger partial charge in [-0.2, -0.15) is 0 Å². The summed E-state index contributed by atoms with van der Waals surface area (Å²) >= 11 is 1.58. The van der Waals surface area contributed by atoms with Crippen molar-refractivity contribution < 1.29 is 5.11 Å². The minimum Gasteiger partial charge on any atom is -0.508 e. The third kappa shape index (κ3) is 4.09. The highest BCUT2D eigenvalue weighted by Crippen LogP contribution is 2.30. The standard InChI is InChI=1S/C15H19N3OS.ClH/c16-15-17-9-14(20-15)10-18-7-5-12(6-8-18)11-1-3-13(19)4-2-11;/h1-4,9,12,19H,5-8,10H2,(H2,16,17);1H. The number of phenols is 1. The van der Waals surface area contributed by atoms with E-state index in [0.717, 1.165) is 19.6 Å². The Labute approximate surface area is 135 Å². The predicted molar refractivity (Wildman–Crippen MR) is 89.1 cm³/mol. The van der Waals surface area contributed by atoms with E-state index in [0.29, 0.717) is 16.8 Å². The lowest BCUT2D eigenvalue weighted by atomic mass is 9.89. The topological polar surface area (TPSA) is 62.4 Å². The van der Waals surface area contributed by atoms with E-state index in [4.69, 9.17) is 5.73 Å². The van der Waals surface area contributed by atoms with E-state index in [-0.39, 0.29) is 12.4 Å². The summed E-state index contributed by atoms with van der Waals surface area (Å²) in [6, 6.07) is 7.64. The molecule has 0 amide bonds. The van der Waals surface area contributed by atoms with E-state index in [2.05, 4.69) is 9.88 Å². The third-order valence-electron chi connectivity index (χ3n) is 3.90. The fraction of sp³-hybridized carbons (Fsp3) is 0.400. The van der Waals surface area contributed by atoms with Crippen LogP contribution < -0.4 is 5.73 Å². The van der Waals surface area contributed by atoms with Gasteiger partial charge in [0.15, 0.2) is 5.13 Å². The summed E-state index contributed by atoms with van der Waals surface area (Å²) in [4.78, 5) is 7.80. The minimum absolute atomic E-state index is 0. The number of likely N-dealkylation sites (tertiary alicyclic amines) is 1. The van der Waals surface area contributed by atoms with Crippen LogP contribution in [0.5, 0.6) is 5.75 Å². The van der Waals surface area contributed by atoms with Gasteiger partial charge in [0.05, 0.1) is 0 Å². The van der Waals surface area contributed by atoms with E-state index in [9.17, 15) is 5.11 Å². The molecule has 3 rings (SSSR count). The lowest BCUT2D eigenvalue weighted by molar-refractivity contribution is 0.206.